The van der Waals surface area contributed by atoms with Gasteiger partial charge in [-0.1, -0.05) is 30.2 Å². The van der Waals surface area contributed by atoms with Crippen molar-refractivity contribution in [2.75, 3.05) is 13.2 Å². The molecule has 3 aliphatic carbocycles. The first-order chi connectivity index (χ1) is 9.67. The molecule has 3 atom stereocenters. The quantitative estimate of drug-likeness (QED) is 0.616. The first-order valence-electron chi connectivity index (χ1n) is 8.29. The Balaban J connectivity index is 1.63. The van der Waals surface area contributed by atoms with E-state index in [4.69, 9.17) is 9.47 Å². The summed E-state index contributed by atoms with van der Waals surface area (Å²) in [6.07, 6.45) is 12.2. The zero-order valence-corrected chi connectivity index (χ0v) is 12.8. The van der Waals surface area contributed by atoms with Crippen molar-refractivity contribution in [3.63, 3.8) is 0 Å². The van der Waals surface area contributed by atoms with Gasteiger partial charge in [-0.15, -0.1) is 0 Å². The predicted octanol–water partition coefficient (Wildman–Crippen LogP) is 4.22. The summed E-state index contributed by atoms with van der Waals surface area (Å²) in [7, 11) is 0. The first-order valence-corrected chi connectivity index (χ1v) is 8.29. The highest BCUT2D eigenvalue weighted by Crippen LogP contribution is 2.60. The highest BCUT2D eigenvalue weighted by atomic mass is 16.7. The molecular weight excluding hydrogens is 248 g/mol. The minimum Gasteiger partial charge on any atom is -0.347 e. The molecule has 2 nitrogen and oxygen atoms in total. The van der Waals surface area contributed by atoms with E-state index in [1.165, 1.54) is 25.7 Å². The standard InChI is InChI=1S/C18H26O2/c1-3-14-4-5-16-15-7-9-18(19-10-11-20-18)12-13(15)6-8-17(14,16)2/h3,6,15-16H,4-5,7-12H2,1-2H3/b14-3+/t15?,16?,17-/m1/s1. The third kappa shape index (κ3) is 1.70. The van der Waals surface area contributed by atoms with Crippen molar-refractivity contribution >= 4 is 0 Å². The second-order valence-corrected chi connectivity index (χ2v) is 7.29. The molecule has 0 aromatic carbocycles. The summed E-state index contributed by atoms with van der Waals surface area (Å²) in [5.41, 5.74) is 3.77. The van der Waals surface area contributed by atoms with Gasteiger partial charge < -0.3 is 9.47 Å². The smallest absolute Gasteiger partial charge is 0.172 e. The molecule has 1 heterocycles. The third-order valence-corrected chi connectivity index (χ3v) is 6.50. The number of hydrogen-bond donors (Lipinski definition) is 0. The van der Waals surface area contributed by atoms with E-state index in [9.17, 15) is 0 Å². The maximum Gasteiger partial charge on any atom is 0.172 e. The van der Waals surface area contributed by atoms with E-state index in [-0.39, 0.29) is 5.79 Å². The van der Waals surface area contributed by atoms with Gasteiger partial charge in [0.15, 0.2) is 5.79 Å². The summed E-state index contributed by atoms with van der Waals surface area (Å²) < 4.78 is 11.9. The van der Waals surface area contributed by atoms with Crippen molar-refractivity contribution in [2.45, 2.75) is 58.2 Å². The fourth-order valence-corrected chi connectivity index (χ4v) is 5.42. The van der Waals surface area contributed by atoms with E-state index >= 15 is 0 Å². The number of rotatable bonds is 0. The van der Waals surface area contributed by atoms with Gasteiger partial charge >= 0.3 is 0 Å². The summed E-state index contributed by atoms with van der Waals surface area (Å²) in [6, 6.07) is 0. The lowest BCUT2D eigenvalue weighted by Gasteiger charge is -2.47. The van der Waals surface area contributed by atoms with Crippen LogP contribution in [0.3, 0.4) is 0 Å². The molecule has 1 spiro atoms. The summed E-state index contributed by atoms with van der Waals surface area (Å²) >= 11 is 0. The Morgan fingerprint density at radius 3 is 2.80 bits per heavy atom. The molecule has 2 unspecified atom stereocenters. The average Bonchev–Trinajstić information content (AvgIpc) is 3.03. The molecule has 4 aliphatic rings. The van der Waals surface area contributed by atoms with Crippen LogP contribution < -0.4 is 0 Å². The molecule has 20 heavy (non-hydrogen) atoms. The van der Waals surface area contributed by atoms with E-state index in [0.717, 1.165) is 37.9 Å². The van der Waals surface area contributed by atoms with Gasteiger partial charge in [-0.2, -0.15) is 0 Å². The Morgan fingerprint density at radius 1 is 1.25 bits per heavy atom. The second kappa shape index (κ2) is 4.45. The van der Waals surface area contributed by atoms with Crippen LogP contribution in [0.15, 0.2) is 23.3 Å². The SMILES string of the molecule is C/C=C1\CCC2C3CCC4(CC3=CC[C@]12C)OCCO4. The van der Waals surface area contributed by atoms with E-state index in [1.807, 2.05) is 0 Å². The van der Waals surface area contributed by atoms with Crippen molar-refractivity contribution in [1.29, 1.82) is 0 Å². The molecule has 4 rings (SSSR count). The molecule has 3 fully saturated rings. The van der Waals surface area contributed by atoms with Crippen LogP contribution in [0.4, 0.5) is 0 Å². The van der Waals surface area contributed by atoms with E-state index in [0.29, 0.717) is 5.41 Å². The van der Waals surface area contributed by atoms with E-state index < -0.39 is 0 Å². The van der Waals surface area contributed by atoms with Crippen LogP contribution in [0.2, 0.25) is 0 Å². The van der Waals surface area contributed by atoms with Gasteiger partial charge in [0.2, 0.25) is 0 Å². The second-order valence-electron chi connectivity index (χ2n) is 7.29. The maximum absolute atomic E-state index is 5.93. The van der Waals surface area contributed by atoms with Crippen LogP contribution >= 0.6 is 0 Å². The van der Waals surface area contributed by atoms with Gasteiger partial charge in [-0.3, -0.25) is 0 Å². The number of ether oxygens (including phenoxy) is 2. The van der Waals surface area contributed by atoms with Crippen molar-refractivity contribution in [1.82, 2.24) is 0 Å². The van der Waals surface area contributed by atoms with E-state index in [1.54, 1.807) is 11.1 Å². The summed E-state index contributed by atoms with van der Waals surface area (Å²) in [5, 5.41) is 0. The highest BCUT2D eigenvalue weighted by molar-refractivity contribution is 5.30. The average molecular weight is 274 g/mol. The fourth-order valence-electron chi connectivity index (χ4n) is 5.42. The number of hydrogen-bond acceptors (Lipinski definition) is 2. The van der Waals surface area contributed by atoms with Crippen LogP contribution in [-0.4, -0.2) is 19.0 Å². The minimum atomic E-state index is -0.252. The molecule has 110 valence electrons. The Hall–Kier alpha value is -0.600. The monoisotopic (exact) mass is 274 g/mol. The first kappa shape index (κ1) is 13.1. The van der Waals surface area contributed by atoms with Crippen LogP contribution in [0.1, 0.15) is 52.4 Å². The molecule has 0 N–H and O–H groups in total. The minimum absolute atomic E-state index is 0.252. The lowest BCUT2D eigenvalue weighted by atomic mass is 9.59. The van der Waals surface area contributed by atoms with Crippen molar-refractivity contribution in [3.8, 4) is 0 Å². The van der Waals surface area contributed by atoms with Gasteiger partial charge in [0, 0.05) is 12.8 Å². The lowest BCUT2D eigenvalue weighted by Crippen LogP contribution is -2.42. The number of allylic oxidation sites excluding steroid dienone is 3. The van der Waals surface area contributed by atoms with Crippen LogP contribution in [-0.2, 0) is 9.47 Å². The van der Waals surface area contributed by atoms with Crippen LogP contribution in [0, 0.1) is 17.3 Å². The Kier molecular flexibility index (Phi) is 2.91. The van der Waals surface area contributed by atoms with Crippen LogP contribution in [0.5, 0.6) is 0 Å². The largest absolute Gasteiger partial charge is 0.347 e. The Bertz CT molecular complexity index is 470. The molecular formula is C18H26O2. The molecule has 0 bridgehead atoms. The van der Waals surface area contributed by atoms with Gasteiger partial charge in [-0.25, -0.2) is 0 Å². The molecule has 2 heteroatoms. The Labute approximate surface area is 122 Å². The highest BCUT2D eigenvalue weighted by Gasteiger charge is 2.52. The summed E-state index contributed by atoms with van der Waals surface area (Å²) in [5.74, 6) is 1.38. The summed E-state index contributed by atoms with van der Waals surface area (Å²) in [4.78, 5) is 0. The topological polar surface area (TPSA) is 18.5 Å². The van der Waals surface area contributed by atoms with Gasteiger partial charge in [-0.05, 0) is 49.9 Å². The molecule has 1 aliphatic heterocycles. The molecule has 0 amide bonds. The van der Waals surface area contributed by atoms with Crippen molar-refractivity contribution in [2.24, 2.45) is 17.3 Å². The normalized spacial score (nSPS) is 44.5. The molecule has 2 saturated carbocycles. The van der Waals surface area contributed by atoms with Gasteiger partial charge in [0.05, 0.1) is 13.2 Å². The predicted molar refractivity (Wildman–Crippen MR) is 79.3 cm³/mol. The van der Waals surface area contributed by atoms with Crippen molar-refractivity contribution in [3.05, 3.63) is 23.3 Å². The molecule has 0 aromatic rings. The van der Waals surface area contributed by atoms with Gasteiger partial charge in [0.1, 0.15) is 0 Å². The van der Waals surface area contributed by atoms with Crippen LogP contribution in [0.25, 0.3) is 0 Å². The van der Waals surface area contributed by atoms with E-state index in [2.05, 4.69) is 26.0 Å². The Morgan fingerprint density at radius 2 is 2.05 bits per heavy atom. The maximum atomic E-state index is 5.93. The zero-order chi connectivity index (χ0) is 13.8. The third-order valence-electron chi connectivity index (χ3n) is 6.50. The lowest BCUT2D eigenvalue weighted by molar-refractivity contribution is -0.174. The molecule has 0 aromatic heterocycles. The fraction of sp³-hybridized carbons (Fsp3) is 0.778. The summed E-state index contributed by atoms with van der Waals surface area (Å²) in [6.45, 7) is 6.28. The zero-order valence-electron chi connectivity index (χ0n) is 12.8. The molecule has 0 radical (unpaired) electrons. The number of fused-ring (bicyclic) bond motifs is 3. The van der Waals surface area contributed by atoms with Gasteiger partial charge in [0.25, 0.3) is 0 Å². The van der Waals surface area contributed by atoms with Crippen molar-refractivity contribution < 1.29 is 9.47 Å². The molecule has 1 saturated heterocycles.